The van der Waals surface area contributed by atoms with E-state index in [1.165, 1.54) is 16.8 Å². The molecule has 0 unspecified atom stereocenters. The molecule has 0 saturated heterocycles. The third kappa shape index (κ3) is 2.65. The molecule has 1 aromatic heterocycles. The quantitative estimate of drug-likeness (QED) is 0.809. The molecule has 0 atom stereocenters. The van der Waals surface area contributed by atoms with E-state index >= 15 is 0 Å². The lowest BCUT2D eigenvalue weighted by Gasteiger charge is -2.06. The smallest absolute Gasteiger partial charge is 0.265 e. The Morgan fingerprint density at radius 3 is 2.71 bits per heavy atom. The Kier molecular flexibility index (Phi) is 3.14. The van der Waals surface area contributed by atoms with Gasteiger partial charge in [-0.1, -0.05) is 6.07 Å². The highest BCUT2D eigenvalue weighted by molar-refractivity contribution is 9.10. The first-order chi connectivity index (χ1) is 8.06. The molecule has 0 bridgehead atoms. The molecule has 0 saturated carbocycles. The molecular weight excluding hydrogens is 286 g/mol. The summed E-state index contributed by atoms with van der Waals surface area (Å²) in [6, 6.07) is 7.83. The van der Waals surface area contributed by atoms with Gasteiger partial charge in [0.2, 0.25) is 0 Å². The first-order valence-corrected chi connectivity index (χ1v) is 5.69. The second-order valence-corrected chi connectivity index (χ2v) is 4.44. The SMILES string of the molecule is Nc1cc(Cn2[nH]c(=O)ccc2=O)ccc1Br. The van der Waals surface area contributed by atoms with Gasteiger partial charge in [-0.15, -0.1) is 0 Å². The molecule has 0 fully saturated rings. The zero-order chi connectivity index (χ0) is 12.4. The molecule has 2 rings (SSSR count). The normalized spacial score (nSPS) is 10.4. The summed E-state index contributed by atoms with van der Waals surface area (Å²) in [6.45, 7) is 0.284. The van der Waals surface area contributed by atoms with Crippen molar-refractivity contribution in [1.82, 2.24) is 9.78 Å². The Hall–Kier alpha value is -1.82. The van der Waals surface area contributed by atoms with Gasteiger partial charge in [0.15, 0.2) is 0 Å². The maximum absolute atomic E-state index is 11.5. The van der Waals surface area contributed by atoms with Gasteiger partial charge >= 0.3 is 0 Å². The van der Waals surface area contributed by atoms with Crippen molar-refractivity contribution in [2.75, 3.05) is 5.73 Å². The number of rotatable bonds is 2. The third-order valence-corrected chi connectivity index (χ3v) is 3.01. The predicted molar refractivity (Wildman–Crippen MR) is 69.0 cm³/mol. The van der Waals surface area contributed by atoms with E-state index in [4.69, 9.17) is 5.73 Å². The van der Waals surface area contributed by atoms with Crippen molar-refractivity contribution in [2.45, 2.75) is 6.54 Å². The van der Waals surface area contributed by atoms with Crippen LogP contribution in [0.4, 0.5) is 5.69 Å². The molecule has 1 aromatic carbocycles. The van der Waals surface area contributed by atoms with Crippen molar-refractivity contribution in [1.29, 1.82) is 0 Å². The van der Waals surface area contributed by atoms with Crippen LogP contribution in [0.5, 0.6) is 0 Å². The second-order valence-electron chi connectivity index (χ2n) is 3.59. The van der Waals surface area contributed by atoms with Gasteiger partial charge < -0.3 is 5.73 Å². The first-order valence-electron chi connectivity index (χ1n) is 4.90. The zero-order valence-corrected chi connectivity index (χ0v) is 10.4. The van der Waals surface area contributed by atoms with Gasteiger partial charge in [-0.25, -0.2) is 4.68 Å². The van der Waals surface area contributed by atoms with Crippen LogP contribution in [0.3, 0.4) is 0 Å². The molecule has 2 aromatic rings. The number of halogens is 1. The minimum Gasteiger partial charge on any atom is -0.398 e. The van der Waals surface area contributed by atoms with E-state index in [1.54, 1.807) is 12.1 Å². The maximum atomic E-state index is 11.5. The number of aromatic amines is 1. The Bertz CT molecular complexity index is 660. The molecule has 0 radical (unpaired) electrons. The number of nitrogens with zero attached hydrogens (tertiary/aromatic N) is 1. The molecule has 3 N–H and O–H groups in total. The number of benzene rings is 1. The summed E-state index contributed by atoms with van der Waals surface area (Å²) in [6.07, 6.45) is 0. The van der Waals surface area contributed by atoms with Gasteiger partial charge in [0.1, 0.15) is 0 Å². The molecule has 0 spiro atoms. The summed E-state index contributed by atoms with van der Waals surface area (Å²) in [5.74, 6) is 0. The number of hydrogen-bond donors (Lipinski definition) is 2. The van der Waals surface area contributed by atoms with Crippen LogP contribution in [-0.4, -0.2) is 9.78 Å². The van der Waals surface area contributed by atoms with Crippen LogP contribution >= 0.6 is 15.9 Å². The zero-order valence-electron chi connectivity index (χ0n) is 8.81. The molecule has 88 valence electrons. The van der Waals surface area contributed by atoms with Crippen molar-refractivity contribution < 1.29 is 0 Å². The number of nitrogen functional groups attached to an aromatic ring is 1. The minimum atomic E-state index is -0.310. The van der Waals surface area contributed by atoms with Crippen LogP contribution in [0.1, 0.15) is 5.56 Å². The van der Waals surface area contributed by atoms with E-state index in [0.29, 0.717) is 5.69 Å². The topological polar surface area (TPSA) is 80.9 Å². The number of anilines is 1. The van der Waals surface area contributed by atoms with E-state index in [-0.39, 0.29) is 17.7 Å². The molecule has 0 amide bonds. The molecule has 1 heterocycles. The van der Waals surface area contributed by atoms with Crippen LogP contribution in [0.25, 0.3) is 0 Å². The molecule has 0 aliphatic heterocycles. The maximum Gasteiger partial charge on any atom is 0.265 e. The van der Waals surface area contributed by atoms with Crippen LogP contribution in [-0.2, 0) is 6.54 Å². The fourth-order valence-electron chi connectivity index (χ4n) is 1.45. The fourth-order valence-corrected chi connectivity index (χ4v) is 1.70. The Labute approximate surface area is 105 Å². The third-order valence-electron chi connectivity index (χ3n) is 2.29. The van der Waals surface area contributed by atoms with Crippen LogP contribution in [0, 0.1) is 0 Å². The number of H-pyrrole nitrogens is 1. The first kappa shape index (κ1) is 11.7. The number of nitrogens with one attached hydrogen (secondary N) is 1. The molecule has 0 aliphatic carbocycles. The monoisotopic (exact) mass is 295 g/mol. The summed E-state index contributed by atoms with van der Waals surface area (Å²) in [4.78, 5) is 22.6. The Morgan fingerprint density at radius 1 is 1.24 bits per heavy atom. The lowest BCUT2D eigenvalue weighted by molar-refractivity contribution is 0.627. The lowest BCUT2D eigenvalue weighted by Crippen LogP contribution is -2.28. The molecule has 6 heteroatoms. The van der Waals surface area contributed by atoms with Crippen molar-refractivity contribution in [3.8, 4) is 0 Å². The largest absolute Gasteiger partial charge is 0.398 e. The van der Waals surface area contributed by atoms with Crippen molar-refractivity contribution >= 4 is 21.6 Å². The number of hydrogen-bond acceptors (Lipinski definition) is 3. The van der Waals surface area contributed by atoms with E-state index in [9.17, 15) is 9.59 Å². The highest BCUT2D eigenvalue weighted by Crippen LogP contribution is 2.20. The van der Waals surface area contributed by atoms with E-state index < -0.39 is 0 Å². The highest BCUT2D eigenvalue weighted by atomic mass is 79.9. The van der Waals surface area contributed by atoms with Crippen molar-refractivity contribution in [3.05, 3.63) is 61.1 Å². The molecule has 17 heavy (non-hydrogen) atoms. The van der Waals surface area contributed by atoms with Gasteiger partial charge in [0, 0.05) is 22.3 Å². The van der Waals surface area contributed by atoms with E-state index in [1.807, 2.05) is 6.07 Å². The number of nitrogens with two attached hydrogens (primary N) is 1. The Balaban J connectivity index is 2.38. The van der Waals surface area contributed by atoms with Gasteiger partial charge in [-0.05, 0) is 33.6 Å². The number of aromatic nitrogens is 2. The molecule has 5 nitrogen and oxygen atoms in total. The van der Waals surface area contributed by atoms with Crippen LogP contribution in [0.2, 0.25) is 0 Å². The van der Waals surface area contributed by atoms with Gasteiger partial charge in [-0.2, -0.15) is 0 Å². The highest BCUT2D eigenvalue weighted by Gasteiger charge is 2.01. The van der Waals surface area contributed by atoms with E-state index in [0.717, 1.165) is 10.0 Å². The van der Waals surface area contributed by atoms with E-state index in [2.05, 4.69) is 21.0 Å². The fraction of sp³-hybridized carbons (Fsp3) is 0.0909. The van der Waals surface area contributed by atoms with Crippen molar-refractivity contribution in [3.63, 3.8) is 0 Å². The predicted octanol–water partition coefficient (Wildman–Crippen LogP) is 0.930. The molecule has 0 aliphatic rings. The summed E-state index contributed by atoms with van der Waals surface area (Å²) < 4.78 is 2.04. The summed E-state index contributed by atoms with van der Waals surface area (Å²) in [5, 5.41) is 2.45. The standard InChI is InChI=1S/C11H10BrN3O2/c12-8-2-1-7(5-9(8)13)6-15-11(17)4-3-10(16)14-15/h1-5H,6,13H2,(H,14,16). The van der Waals surface area contributed by atoms with Gasteiger partial charge in [0.05, 0.1) is 6.54 Å². The minimum absolute atomic E-state index is 0.258. The average Bonchev–Trinajstić information content (AvgIpc) is 2.29. The average molecular weight is 296 g/mol. The Morgan fingerprint density at radius 2 is 2.00 bits per heavy atom. The second kappa shape index (κ2) is 4.58. The van der Waals surface area contributed by atoms with Crippen molar-refractivity contribution in [2.24, 2.45) is 0 Å². The summed E-state index contributed by atoms with van der Waals surface area (Å²) in [5.41, 5.74) is 6.60. The summed E-state index contributed by atoms with van der Waals surface area (Å²) >= 11 is 3.29. The van der Waals surface area contributed by atoms with Crippen LogP contribution < -0.4 is 16.9 Å². The van der Waals surface area contributed by atoms with Gasteiger partial charge in [-0.3, -0.25) is 14.7 Å². The summed E-state index contributed by atoms with van der Waals surface area (Å²) in [7, 11) is 0. The van der Waals surface area contributed by atoms with Gasteiger partial charge in [0.25, 0.3) is 11.1 Å². The molecular formula is C11H10BrN3O2. The lowest BCUT2D eigenvalue weighted by atomic mass is 10.2. The van der Waals surface area contributed by atoms with Crippen LogP contribution in [0.15, 0.2) is 44.4 Å².